The predicted molar refractivity (Wildman–Crippen MR) is 107 cm³/mol. The number of allylic oxidation sites excluding steroid dienone is 2. The number of rotatable bonds is 2. The van der Waals surface area contributed by atoms with Gasteiger partial charge in [-0.3, -0.25) is 14.5 Å². The molecule has 1 aliphatic heterocycles. The van der Waals surface area contributed by atoms with E-state index in [-0.39, 0.29) is 35.3 Å². The van der Waals surface area contributed by atoms with Crippen LogP contribution in [0.25, 0.3) is 0 Å². The SMILES string of the molecule is CC1(C)CC(=O)C2=C(C1)N(c1ccc(C#N)cc1)C(=O)CC2c1ccc(F)cc1. The molecule has 1 aliphatic carbocycles. The van der Waals surface area contributed by atoms with Gasteiger partial charge in [0.15, 0.2) is 5.78 Å². The van der Waals surface area contributed by atoms with E-state index < -0.39 is 0 Å². The number of halogens is 1. The van der Waals surface area contributed by atoms with E-state index in [0.29, 0.717) is 29.7 Å². The first-order chi connectivity index (χ1) is 13.8. The molecule has 29 heavy (non-hydrogen) atoms. The fraction of sp³-hybridized carbons (Fsp3) is 0.292. The zero-order valence-corrected chi connectivity index (χ0v) is 16.4. The third-order valence-electron chi connectivity index (χ3n) is 5.67. The van der Waals surface area contributed by atoms with Gasteiger partial charge in [0, 0.05) is 35.7 Å². The van der Waals surface area contributed by atoms with Gasteiger partial charge in [0.25, 0.3) is 0 Å². The smallest absolute Gasteiger partial charge is 0.232 e. The summed E-state index contributed by atoms with van der Waals surface area (Å²) in [7, 11) is 0. The molecule has 2 aromatic rings. The van der Waals surface area contributed by atoms with E-state index >= 15 is 0 Å². The molecule has 0 bridgehead atoms. The minimum absolute atomic E-state index is 0.0386. The van der Waals surface area contributed by atoms with Gasteiger partial charge in [-0.25, -0.2) is 4.39 Å². The van der Waals surface area contributed by atoms with Gasteiger partial charge in [-0.15, -0.1) is 0 Å². The van der Waals surface area contributed by atoms with Crippen LogP contribution in [-0.4, -0.2) is 11.7 Å². The van der Waals surface area contributed by atoms with E-state index in [1.165, 1.54) is 12.1 Å². The lowest BCUT2D eigenvalue weighted by Crippen LogP contribution is -2.43. The van der Waals surface area contributed by atoms with Crippen LogP contribution in [0.2, 0.25) is 0 Å². The number of carbonyl (C=O) groups excluding carboxylic acids is 2. The largest absolute Gasteiger partial charge is 0.294 e. The van der Waals surface area contributed by atoms with Gasteiger partial charge in [-0.2, -0.15) is 5.26 Å². The zero-order valence-electron chi connectivity index (χ0n) is 16.4. The minimum Gasteiger partial charge on any atom is -0.294 e. The summed E-state index contributed by atoms with van der Waals surface area (Å²) in [5.74, 6) is -0.776. The Kier molecular flexibility index (Phi) is 4.58. The van der Waals surface area contributed by atoms with Gasteiger partial charge in [0.2, 0.25) is 5.91 Å². The summed E-state index contributed by atoms with van der Waals surface area (Å²) >= 11 is 0. The number of amides is 1. The number of benzene rings is 2. The molecule has 146 valence electrons. The van der Waals surface area contributed by atoms with E-state index in [4.69, 9.17) is 5.26 Å². The number of hydrogen-bond acceptors (Lipinski definition) is 3. The van der Waals surface area contributed by atoms with Crippen molar-refractivity contribution < 1.29 is 14.0 Å². The summed E-state index contributed by atoms with van der Waals surface area (Å²) in [6.45, 7) is 4.05. The Balaban J connectivity index is 1.87. The van der Waals surface area contributed by atoms with Crippen LogP contribution in [0.5, 0.6) is 0 Å². The maximum atomic E-state index is 13.4. The Hall–Kier alpha value is -3.26. The van der Waals surface area contributed by atoms with Gasteiger partial charge >= 0.3 is 0 Å². The van der Waals surface area contributed by atoms with Crippen molar-refractivity contribution in [2.45, 2.75) is 39.0 Å². The Morgan fingerprint density at radius 3 is 2.31 bits per heavy atom. The molecule has 1 heterocycles. The summed E-state index contributed by atoms with van der Waals surface area (Å²) in [6, 6.07) is 14.9. The van der Waals surface area contributed by atoms with E-state index in [2.05, 4.69) is 6.07 Å². The van der Waals surface area contributed by atoms with Crippen molar-refractivity contribution in [3.05, 3.63) is 76.7 Å². The highest BCUT2D eigenvalue weighted by atomic mass is 19.1. The van der Waals surface area contributed by atoms with Crippen LogP contribution in [0.4, 0.5) is 10.1 Å². The molecule has 2 aliphatic rings. The van der Waals surface area contributed by atoms with Crippen molar-refractivity contribution in [3.8, 4) is 6.07 Å². The molecule has 1 atom stereocenters. The van der Waals surface area contributed by atoms with Crippen LogP contribution in [0.3, 0.4) is 0 Å². The standard InChI is InChI=1S/C24H21FN2O2/c1-24(2)12-20-23(21(28)13-24)19(16-5-7-17(25)8-6-16)11-22(29)27(20)18-9-3-15(14-26)4-10-18/h3-10,19H,11-13H2,1-2H3. The molecule has 0 saturated carbocycles. The molecule has 5 heteroatoms. The highest BCUT2D eigenvalue weighted by molar-refractivity contribution is 6.07. The number of nitriles is 1. The quantitative estimate of drug-likeness (QED) is 0.738. The highest BCUT2D eigenvalue weighted by Crippen LogP contribution is 2.48. The van der Waals surface area contributed by atoms with E-state index in [1.54, 1.807) is 41.3 Å². The van der Waals surface area contributed by atoms with Crippen LogP contribution >= 0.6 is 0 Å². The van der Waals surface area contributed by atoms with Crippen LogP contribution in [0.15, 0.2) is 59.8 Å². The van der Waals surface area contributed by atoms with Gasteiger partial charge in [-0.05, 0) is 53.8 Å². The molecule has 0 spiro atoms. The lowest BCUT2D eigenvalue weighted by atomic mass is 9.69. The third-order valence-corrected chi connectivity index (χ3v) is 5.67. The van der Waals surface area contributed by atoms with Crippen molar-refractivity contribution in [2.75, 3.05) is 4.90 Å². The fourth-order valence-electron chi connectivity index (χ4n) is 4.38. The molecular weight excluding hydrogens is 367 g/mol. The average molecular weight is 388 g/mol. The molecule has 0 aromatic heterocycles. The topological polar surface area (TPSA) is 61.2 Å². The van der Waals surface area contributed by atoms with Gasteiger partial charge < -0.3 is 0 Å². The molecule has 0 saturated heterocycles. The van der Waals surface area contributed by atoms with E-state index in [1.807, 2.05) is 13.8 Å². The summed E-state index contributed by atoms with van der Waals surface area (Å²) < 4.78 is 13.4. The van der Waals surface area contributed by atoms with Crippen molar-refractivity contribution in [2.24, 2.45) is 5.41 Å². The first-order valence-electron chi connectivity index (χ1n) is 9.64. The van der Waals surface area contributed by atoms with E-state index in [0.717, 1.165) is 11.3 Å². The first-order valence-corrected chi connectivity index (χ1v) is 9.64. The van der Waals surface area contributed by atoms with Crippen molar-refractivity contribution in [1.82, 2.24) is 0 Å². The molecule has 1 amide bonds. The number of anilines is 1. The molecule has 1 unspecified atom stereocenters. The second-order valence-corrected chi connectivity index (χ2v) is 8.50. The lowest BCUT2D eigenvalue weighted by Gasteiger charge is -2.43. The van der Waals surface area contributed by atoms with Crippen LogP contribution in [0.1, 0.15) is 50.2 Å². The Labute approximate surface area is 169 Å². The number of carbonyl (C=O) groups is 2. The molecule has 0 N–H and O–H groups in total. The summed E-state index contributed by atoms with van der Waals surface area (Å²) in [5.41, 5.74) is 3.06. The third kappa shape index (κ3) is 3.47. The zero-order chi connectivity index (χ0) is 20.8. The maximum absolute atomic E-state index is 13.4. The van der Waals surface area contributed by atoms with Crippen molar-refractivity contribution >= 4 is 17.4 Å². The van der Waals surface area contributed by atoms with Crippen molar-refractivity contribution in [1.29, 1.82) is 5.26 Å². The summed E-state index contributed by atoms with van der Waals surface area (Å²) in [5, 5.41) is 9.05. The van der Waals surface area contributed by atoms with Crippen molar-refractivity contribution in [3.63, 3.8) is 0 Å². The second-order valence-electron chi connectivity index (χ2n) is 8.50. The Bertz CT molecular complexity index is 1060. The molecule has 2 aromatic carbocycles. The lowest BCUT2D eigenvalue weighted by molar-refractivity contribution is -0.121. The summed E-state index contributed by atoms with van der Waals surface area (Å²) in [6.07, 6.45) is 1.16. The van der Waals surface area contributed by atoms with Gasteiger partial charge in [0.05, 0.1) is 11.6 Å². The average Bonchev–Trinajstić information content (AvgIpc) is 2.67. The minimum atomic E-state index is -0.365. The van der Waals surface area contributed by atoms with Gasteiger partial charge in [-0.1, -0.05) is 26.0 Å². The molecule has 0 radical (unpaired) electrons. The monoisotopic (exact) mass is 388 g/mol. The van der Waals surface area contributed by atoms with Crippen LogP contribution in [-0.2, 0) is 9.59 Å². The van der Waals surface area contributed by atoms with Gasteiger partial charge in [0.1, 0.15) is 5.82 Å². The summed E-state index contributed by atoms with van der Waals surface area (Å²) in [4.78, 5) is 28.0. The Morgan fingerprint density at radius 2 is 1.69 bits per heavy atom. The second kappa shape index (κ2) is 6.97. The maximum Gasteiger partial charge on any atom is 0.232 e. The predicted octanol–water partition coefficient (Wildman–Crippen LogP) is 4.86. The number of Topliss-reactive ketones (excluding diaryl/α,β-unsaturated/α-hetero) is 1. The molecule has 4 nitrogen and oxygen atoms in total. The highest BCUT2D eigenvalue weighted by Gasteiger charge is 2.44. The van der Waals surface area contributed by atoms with Crippen LogP contribution in [0, 0.1) is 22.6 Å². The van der Waals surface area contributed by atoms with Crippen LogP contribution < -0.4 is 4.90 Å². The fourth-order valence-corrected chi connectivity index (χ4v) is 4.38. The normalized spacial score (nSPS) is 21.0. The number of hydrogen-bond donors (Lipinski definition) is 0. The number of ketones is 1. The first kappa shape index (κ1) is 19.1. The molecular formula is C24H21FN2O2. The molecule has 0 fully saturated rings. The Morgan fingerprint density at radius 1 is 1.03 bits per heavy atom. The molecule has 4 rings (SSSR count). The number of nitrogens with zero attached hydrogens (tertiary/aromatic N) is 2. The van der Waals surface area contributed by atoms with E-state index in [9.17, 15) is 14.0 Å².